The molecule has 1 aromatic carbocycles. The van der Waals surface area contributed by atoms with E-state index in [0.29, 0.717) is 11.7 Å². The summed E-state index contributed by atoms with van der Waals surface area (Å²) in [6, 6.07) is 7.64. The number of rotatable bonds is 3. The lowest BCUT2D eigenvalue weighted by Gasteiger charge is -1.98. The van der Waals surface area contributed by atoms with Gasteiger partial charge in [-0.3, -0.25) is 0 Å². The molecule has 0 radical (unpaired) electrons. The number of aromatic nitrogens is 2. The van der Waals surface area contributed by atoms with Crippen molar-refractivity contribution in [1.29, 1.82) is 0 Å². The molecule has 1 aromatic heterocycles. The standard InChI is InChI=1S/C12H12N2O2/c1-15-10-6-4-8(5-7-10)11-13-12(16-14-11)9-2-3-9/h4-7,9H,2-3H2,1H3. The summed E-state index contributed by atoms with van der Waals surface area (Å²) in [6.45, 7) is 0. The van der Waals surface area contributed by atoms with E-state index >= 15 is 0 Å². The van der Waals surface area contributed by atoms with Crippen molar-refractivity contribution in [3.05, 3.63) is 30.2 Å². The Bertz CT molecular complexity index is 486. The highest BCUT2D eigenvalue weighted by Gasteiger charge is 2.29. The van der Waals surface area contributed by atoms with Crippen molar-refractivity contribution < 1.29 is 9.26 Å². The van der Waals surface area contributed by atoms with Gasteiger partial charge in [0.2, 0.25) is 11.7 Å². The molecule has 0 bridgehead atoms. The van der Waals surface area contributed by atoms with Gasteiger partial charge in [0.25, 0.3) is 0 Å². The van der Waals surface area contributed by atoms with Crippen LogP contribution < -0.4 is 4.74 Å². The van der Waals surface area contributed by atoms with Crippen LogP contribution in [-0.2, 0) is 0 Å². The molecule has 4 nitrogen and oxygen atoms in total. The van der Waals surface area contributed by atoms with E-state index in [2.05, 4.69) is 10.1 Å². The maximum atomic E-state index is 5.21. The van der Waals surface area contributed by atoms with E-state index in [-0.39, 0.29) is 0 Å². The molecule has 2 aromatic rings. The Morgan fingerprint density at radius 1 is 1.25 bits per heavy atom. The summed E-state index contributed by atoms with van der Waals surface area (Å²) in [7, 11) is 1.65. The molecule has 1 aliphatic carbocycles. The van der Waals surface area contributed by atoms with E-state index in [1.165, 1.54) is 12.8 Å². The average molecular weight is 216 g/mol. The number of nitrogens with zero attached hydrogens (tertiary/aromatic N) is 2. The van der Waals surface area contributed by atoms with Gasteiger partial charge in [-0.2, -0.15) is 4.98 Å². The Morgan fingerprint density at radius 2 is 2.00 bits per heavy atom. The molecule has 0 amide bonds. The maximum absolute atomic E-state index is 5.21. The Hall–Kier alpha value is -1.84. The van der Waals surface area contributed by atoms with Crippen molar-refractivity contribution in [3.8, 4) is 17.1 Å². The molecule has 1 heterocycles. The molecular formula is C12H12N2O2. The van der Waals surface area contributed by atoms with Gasteiger partial charge in [-0.05, 0) is 37.1 Å². The van der Waals surface area contributed by atoms with Crippen LogP contribution in [0.3, 0.4) is 0 Å². The molecule has 0 aliphatic heterocycles. The molecule has 16 heavy (non-hydrogen) atoms. The summed E-state index contributed by atoms with van der Waals surface area (Å²) in [5.74, 6) is 2.75. The second-order valence-electron chi connectivity index (χ2n) is 3.96. The zero-order chi connectivity index (χ0) is 11.0. The van der Waals surface area contributed by atoms with Crippen molar-refractivity contribution in [2.75, 3.05) is 7.11 Å². The number of benzene rings is 1. The summed E-state index contributed by atoms with van der Waals surface area (Å²) in [5, 5.41) is 3.98. The van der Waals surface area contributed by atoms with E-state index in [9.17, 15) is 0 Å². The van der Waals surface area contributed by atoms with Crippen LogP contribution in [0.15, 0.2) is 28.8 Å². The summed E-state index contributed by atoms with van der Waals surface area (Å²) in [5.41, 5.74) is 0.955. The quantitative estimate of drug-likeness (QED) is 0.791. The minimum atomic E-state index is 0.500. The third-order valence-corrected chi connectivity index (χ3v) is 2.72. The van der Waals surface area contributed by atoms with E-state index in [0.717, 1.165) is 17.2 Å². The Kier molecular flexibility index (Phi) is 2.13. The van der Waals surface area contributed by atoms with Gasteiger partial charge in [-0.1, -0.05) is 5.16 Å². The largest absolute Gasteiger partial charge is 0.497 e. The highest BCUT2D eigenvalue weighted by molar-refractivity contribution is 5.55. The predicted molar refractivity (Wildman–Crippen MR) is 58.3 cm³/mol. The first-order valence-electron chi connectivity index (χ1n) is 5.35. The zero-order valence-electron chi connectivity index (χ0n) is 9.01. The van der Waals surface area contributed by atoms with Crippen LogP contribution >= 0.6 is 0 Å². The number of methoxy groups -OCH3 is 1. The lowest BCUT2D eigenvalue weighted by atomic mass is 10.2. The van der Waals surface area contributed by atoms with Gasteiger partial charge >= 0.3 is 0 Å². The van der Waals surface area contributed by atoms with Gasteiger partial charge in [0.15, 0.2) is 0 Å². The molecule has 4 heteroatoms. The molecule has 0 spiro atoms. The van der Waals surface area contributed by atoms with Gasteiger partial charge < -0.3 is 9.26 Å². The van der Waals surface area contributed by atoms with Crippen molar-refractivity contribution in [3.63, 3.8) is 0 Å². The molecule has 0 saturated heterocycles. The molecule has 1 fully saturated rings. The van der Waals surface area contributed by atoms with Crippen LogP contribution in [0.4, 0.5) is 0 Å². The molecule has 0 N–H and O–H groups in total. The third-order valence-electron chi connectivity index (χ3n) is 2.72. The van der Waals surface area contributed by atoms with Crippen LogP contribution in [0.1, 0.15) is 24.7 Å². The van der Waals surface area contributed by atoms with E-state index < -0.39 is 0 Å². The molecule has 1 saturated carbocycles. The lowest BCUT2D eigenvalue weighted by molar-refractivity contribution is 0.380. The van der Waals surface area contributed by atoms with Gasteiger partial charge in [-0.15, -0.1) is 0 Å². The Balaban J connectivity index is 1.88. The number of hydrogen-bond donors (Lipinski definition) is 0. The van der Waals surface area contributed by atoms with Crippen LogP contribution in [0.2, 0.25) is 0 Å². The highest BCUT2D eigenvalue weighted by atomic mass is 16.5. The summed E-state index contributed by atoms with van der Waals surface area (Å²) in [6.07, 6.45) is 2.34. The number of hydrogen-bond acceptors (Lipinski definition) is 4. The molecule has 0 unspecified atom stereocenters. The van der Waals surface area contributed by atoms with Crippen LogP contribution in [0.5, 0.6) is 5.75 Å². The fourth-order valence-electron chi connectivity index (χ4n) is 1.59. The van der Waals surface area contributed by atoms with Crippen LogP contribution in [-0.4, -0.2) is 17.3 Å². The molecule has 3 rings (SSSR count). The summed E-state index contributed by atoms with van der Waals surface area (Å²) in [4.78, 5) is 4.38. The van der Waals surface area contributed by atoms with Gasteiger partial charge in [-0.25, -0.2) is 0 Å². The highest BCUT2D eigenvalue weighted by Crippen LogP contribution is 2.39. The fraction of sp³-hybridized carbons (Fsp3) is 0.333. The first-order chi connectivity index (χ1) is 7.86. The number of ether oxygens (including phenoxy) is 1. The van der Waals surface area contributed by atoms with E-state index in [1.54, 1.807) is 7.11 Å². The topological polar surface area (TPSA) is 48.2 Å². The van der Waals surface area contributed by atoms with Gasteiger partial charge in [0, 0.05) is 11.5 Å². The minimum absolute atomic E-state index is 0.500. The normalized spacial score (nSPS) is 15.1. The Morgan fingerprint density at radius 3 is 2.62 bits per heavy atom. The maximum Gasteiger partial charge on any atom is 0.230 e. The Labute approximate surface area is 93.2 Å². The monoisotopic (exact) mass is 216 g/mol. The summed E-state index contributed by atoms with van der Waals surface area (Å²) < 4.78 is 10.3. The molecular weight excluding hydrogens is 204 g/mol. The smallest absolute Gasteiger partial charge is 0.230 e. The first kappa shape index (κ1) is 9.39. The lowest BCUT2D eigenvalue weighted by Crippen LogP contribution is -1.84. The molecule has 1 aliphatic rings. The van der Waals surface area contributed by atoms with Crippen molar-refractivity contribution in [1.82, 2.24) is 10.1 Å². The molecule has 0 atom stereocenters. The summed E-state index contributed by atoms with van der Waals surface area (Å²) >= 11 is 0. The van der Waals surface area contributed by atoms with Gasteiger partial charge in [0.1, 0.15) is 5.75 Å². The van der Waals surface area contributed by atoms with Crippen molar-refractivity contribution in [2.24, 2.45) is 0 Å². The minimum Gasteiger partial charge on any atom is -0.497 e. The third kappa shape index (κ3) is 1.66. The van der Waals surface area contributed by atoms with E-state index in [4.69, 9.17) is 9.26 Å². The SMILES string of the molecule is COc1ccc(-c2noc(C3CC3)n2)cc1. The van der Waals surface area contributed by atoms with Crippen molar-refractivity contribution in [2.45, 2.75) is 18.8 Å². The predicted octanol–water partition coefficient (Wildman–Crippen LogP) is 2.62. The van der Waals surface area contributed by atoms with E-state index in [1.807, 2.05) is 24.3 Å². The van der Waals surface area contributed by atoms with Gasteiger partial charge in [0.05, 0.1) is 7.11 Å². The second kappa shape index (κ2) is 3.63. The van der Waals surface area contributed by atoms with Crippen LogP contribution in [0, 0.1) is 0 Å². The zero-order valence-corrected chi connectivity index (χ0v) is 9.01. The molecule has 82 valence electrons. The van der Waals surface area contributed by atoms with Crippen LogP contribution in [0.25, 0.3) is 11.4 Å². The van der Waals surface area contributed by atoms with Crippen molar-refractivity contribution >= 4 is 0 Å². The fourth-order valence-corrected chi connectivity index (χ4v) is 1.59. The second-order valence-corrected chi connectivity index (χ2v) is 3.96. The average Bonchev–Trinajstić information content (AvgIpc) is 3.08. The first-order valence-corrected chi connectivity index (χ1v) is 5.35.